The molecule has 0 spiro atoms. The largest absolute Gasteiger partial charge is 0.317 e. The van der Waals surface area contributed by atoms with Crippen molar-refractivity contribution in [3.8, 4) is 0 Å². The molecule has 0 aromatic heterocycles. The molecule has 0 aromatic carbocycles. The molecule has 2 rings (SSSR count). The summed E-state index contributed by atoms with van der Waals surface area (Å²) < 4.78 is 0. The van der Waals surface area contributed by atoms with Gasteiger partial charge in [-0.3, -0.25) is 0 Å². The molecule has 1 heterocycles. The van der Waals surface area contributed by atoms with Crippen molar-refractivity contribution in [3.05, 3.63) is 0 Å². The second-order valence-electron chi connectivity index (χ2n) is 4.92. The molecule has 0 bridgehead atoms. The first-order chi connectivity index (χ1) is 6.95. The Morgan fingerprint density at radius 2 is 1.86 bits per heavy atom. The van der Waals surface area contributed by atoms with Gasteiger partial charge in [-0.25, -0.2) is 0 Å². The summed E-state index contributed by atoms with van der Waals surface area (Å²) in [4.78, 5) is 0. The smallest absolute Gasteiger partial charge is 0.00670 e. The first kappa shape index (κ1) is 10.4. The minimum atomic E-state index is 0.878. The summed E-state index contributed by atoms with van der Waals surface area (Å²) in [5, 5.41) is 7.07. The Morgan fingerprint density at radius 3 is 2.50 bits per heavy atom. The normalized spacial score (nSPS) is 24.9. The summed E-state index contributed by atoms with van der Waals surface area (Å²) in [5.74, 6) is 1.01. The lowest BCUT2D eigenvalue weighted by Crippen LogP contribution is -2.36. The first-order valence-electron chi connectivity index (χ1n) is 6.39. The van der Waals surface area contributed by atoms with Crippen LogP contribution in [0.3, 0.4) is 0 Å². The van der Waals surface area contributed by atoms with Gasteiger partial charge >= 0.3 is 0 Å². The maximum atomic E-state index is 3.64. The zero-order chi connectivity index (χ0) is 9.64. The van der Waals surface area contributed by atoms with E-state index in [2.05, 4.69) is 10.6 Å². The van der Waals surface area contributed by atoms with Crippen molar-refractivity contribution in [1.29, 1.82) is 0 Å². The molecule has 14 heavy (non-hydrogen) atoms. The molecule has 0 atom stereocenters. The Hall–Kier alpha value is -0.0800. The summed E-state index contributed by atoms with van der Waals surface area (Å²) in [6.07, 6.45) is 9.95. The van der Waals surface area contributed by atoms with Crippen LogP contribution in [0.5, 0.6) is 0 Å². The maximum absolute atomic E-state index is 3.64. The second kappa shape index (κ2) is 5.72. The molecule has 0 radical (unpaired) electrons. The predicted octanol–water partition coefficient (Wildman–Crippen LogP) is 1.91. The Labute approximate surface area is 87.8 Å². The van der Waals surface area contributed by atoms with Crippen molar-refractivity contribution in [2.75, 3.05) is 19.6 Å². The van der Waals surface area contributed by atoms with Crippen LogP contribution in [0, 0.1) is 5.92 Å². The molecule has 2 heteroatoms. The lowest BCUT2D eigenvalue weighted by molar-refractivity contribution is 0.314. The quantitative estimate of drug-likeness (QED) is 0.656. The molecular weight excluding hydrogens is 172 g/mol. The highest BCUT2D eigenvalue weighted by molar-refractivity contribution is 4.76. The average molecular weight is 196 g/mol. The first-order valence-corrected chi connectivity index (χ1v) is 6.39. The van der Waals surface area contributed by atoms with Gasteiger partial charge in [0, 0.05) is 6.04 Å². The minimum absolute atomic E-state index is 0.878. The second-order valence-corrected chi connectivity index (χ2v) is 4.92. The zero-order valence-electron chi connectivity index (χ0n) is 9.23. The zero-order valence-corrected chi connectivity index (χ0v) is 9.23. The predicted molar refractivity (Wildman–Crippen MR) is 60.5 cm³/mol. The molecule has 1 aliphatic heterocycles. The van der Waals surface area contributed by atoms with E-state index >= 15 is 0 Å². The third-order valence-electron chi connectivity index (χ3n) is 3.79. The number of rotatable bonds is 5. The van der Waals surface area contributed by atoms with E-state index in [4.69, 9.17) is 0 Å². The lowest BCUT2D eigenvalue weighted by Gasteiger charge is -2.27. The van der Waals surface area contributed by atoms with Gasteiger partial charge in [0.05, 0.1) is 0 Å². The van der Waals surface area contributed by atoms with Crippen molar-refractivity contribution in [1.82, 2.24) is 10.6 Å². The number of hydrogen-bond acceptors (Lipinski definition) is 2. The summed E-state index contributed by atoms with van der Waals surface area (Å²) in [5.41, 5.74) is 0. The van der Waals surface area contributed by atoms with E-state index in [1.165, 1.54) is 64.6 Å². The van der Waals surface area contributed by atoms with Crippen LogP contribution in [-0.2, 0) is 0 Å². The molecule has 1 saturated heterocycles. The van der Waals surface area contributed by atoms with E-state index < -0.39 is 0 Å². The fourth-order valence-electron chi connectivity index (χ4n) is 2.48. The standard InChI is InChI=1S/C12H24N2/c1-4-12(5-1)14-8-2-3-11-6-9-13-10-7-11/h11-14H,1-10H2. The summed E-state index contributed by atoms with van der Waals surface area (Å²) >= 11 is 0. The molecule has 2 fully saturated rings. The van der Waals surface area contributed by atoms with Gasteiger partial charge in [-0.1, -0.05) is 6.42 Å². The monoisotopic (exact) mass is 196 g/mol. The Bertz CT molecular complexity index is 148. The molecular formula is C12H24N2. The minimum Gasteiger partial charge on any atom is -0.317 e. The Kier molecular flexibility index (Phi) is 4.26. The van der Waals surface area contributed by atoms with E-state index in [0.29, 0.717) is 0 Å². The molecule has 2 aliphatic rings. The van der Waals surface area contributed by atoms with Gasteiger partial charge in [0.1, 0.15) is 0 Å². The van der Waals surface area contributed by atoms with E-state index in [0.717, 1.165) is 12.0 Å². The van der Waals surface area contributed by atoms with Crippen LogP contribution in [0.1, 0.15) is 44.9 Å². The van der Waals surface area contributed by atoms with Crippen molar-refractivity contribution in [2.45, 2.75) is 51.0 Å². The number of piperidine rings is 1. The average Bonchev–Trinajstić information content (AvgIpc) is 2.16. The van der Waals surface area contributed by atoms with Crippen LogP contribution in [0.15, 0.2) is 0 Å². The molecule has 1 aliphatic carbocycles. The van der Waals surface area contributed by atoms with Gasteiger partial charge in [-0.05, 0) is 64.1 Å². The van der Waals surface area contributed by atoms with Crippen LogP contribution in [0.25, 0.3) is 0 Å². The van der Waals surface area contributed by atoms with Crippen LogP contribution in [0.2, 0.25) is 0 Å². The summed E-state index contributed by atoms with van der Waals surface area (Å²) in [6, 6.07) is 0.878. The van der Waals surface area contributed by atoms with Crippen molar-refractivity contribution >= 4 is 0 Å². The molecule has 0 unspecified atom stereocenters. The van der Waals surface area contributed by atoms with Crippen LogP contribution >= 0.6 is 0 Å². The molecule has 0 amide bonds. The van der Waals surface area contributed by atoms with Gasteiger partial charge in [0.2, 0.25) is 0 Å². The van der Waals surface area contributed by atoms with Gasteiger partial charge in [-0.15, -0.1) is 0 Å². The maximum Gasteiger partial charge on any atom is 0.00670 e. The topological polar surface area (TPSA) is 24.1 Å². The van der Waals surface area contributed by atoms with Crippen LogP contribution < -0.4 is 10.6 Å². The number of nitrogens with one attached hydrogen (secondary N) is 2. The van der Waals surface area contributed by atoms with Crippen molar-refractivity contribution in [2.24, 2.45) is 5.92 Å². The summed E-state index contributed by atoms with van der Waals surface area (Å²) in [7, 11) is 0. The third kappa shape index (κ3) is 3.25. The highest BCUT2D eigenvalue weighted by Gasteiger charge is 2.16. The Balaban J connectivity index is 1.45. The molecule has 1 saturated carbocycles. The van der Waals surface area contributed by atoms with Gasteiger partial charge in [0.25, 0.3) is 0 Å². The van der Waals surface area contributed by atoms with Crippen molar-refractivity contribution in [3.63, 3.8) is 0 Å². The van der Waals surface area contributed by atoms with Crippen LogP contribution in [0.4, 0.5) is 0 Å². The van der Waals surface area contributed by atoms with E-state index in [9.17, 15) is 0 Å². The highest BCUT2D eigenvalue weighted by atomic mass is 14.9. The van der Waals surface area contributed by atoms with E-state index in [-0.39, 0.29) is 0 Å². The number of hydrogen-bond donors (Lipinski definition) is 2. The fourth-order valence-corrected chi connectivity index (χ4v) is 2.48. The van der Waals surface area contributed by atoms with Crippen LogP contribution in [-0.4, -0.2) is 25.7 Å². The third-order valence-corrected chi connectivity index (χ3v) is 3.79. The van der Waals surface area contributed by atoms with Gasteiger partial charge in [-0.2, -0.15) is 0 Å². The van der Waals surface area contributed by atoms with E-state index in [1.54, 1.807) is 0 Å². The van der Waals surface area contributed by atoms with Gasteiger partial charge in [0.15, 0.2) is 0 Å². The fraction of sp³-hybridized carbons (Fsp3) is 1.00. The highest BCUT2D eigenvalue weighted by Crippen LogP contribution is 2.19. The van der Waals surface area contributed by atoms with E-state index in [1.807, 2.05) is 0 Å². The molecule has 2 N–H and O–H groups in total. The van der Waals surface area contributed by atoms with Crippen molar-refractivity contribution < 1.29 is 0 Å². The molecule has 2 nitrogen and oxygen atoms in total. The molecule has 82 valence electrons. The molecule has 0 aromatic rings. The SMILES string of the molecule is C(CNC1CCC1)CC1CCNCC1. The van der Waals surface area contributed by atoms with Gasteiger partial charge < -0.3 is 10.6 Å². The summed E-state index contributed by atoms with van der Waals surface area (Å²) in [6.45, 7) is 3.76. The lowest BCUT2D eigenvalue weighted by atomic mass is 9.91. The Morgan fingerprint density at radius 1 is 1.07 bits per heavy atom.